The van der Waals surface area contributed by atoms with Crippen LogP contribution in [0.5, 0.6) is 0 Å². The minimum absolute atomic E-state index is 0.144. The van der Waals surface area contributed by atoms with Crippen molar-refractivity contribution in [2.75, 3.05) is 26.4 Å². The van der Waals surface area contributed by atoms with Crippen LogP contribution in [0.25, 0.3) is 0 Å². The minimum Gasteiger partial charge on any atom is -0.378 e. The van der Waals surface area contributed by atoms with Gasteiger partial charge in [-0.05, 0) is 45.6 Å². The average Bonchev–Trinajstić information content (AvgIpc) is 2.87. The summed E-state index contributed by atoms with van der Waals surface area (Å²) >= 11 is 0. The molecule has 108 valence electrons. The Labute approximate surface area is 115 Å². The van der Waals surface area contributed by atoms with Gasteiger partial charge >= 0.3 is 0 Å². The molecule has 1 N–H and O–H groups in total. The van der Waals surface area contributed by atoms with Crippen molar-refractivity contribution in [3.05, 3.63) is 0 Å². The molecule has 0 aliphatic carbocycles. The van der Waals surface area contributed by atoms with Crippen molar-refractivity contribution < 1.29 is 14.3 Å². The van der Waals surface area contributed by atoms with Crippen LogP contribution in [0, 0.1) is 5.92 Å². The van der Waals surface area contributed by atoms with E-state index in [0.717, 1.165) is 45.3 Å². The van der Waals surface area contributed by atoms with E-state index in [1.54, 1.807) is 0 Å². The molecule has 0 aromatic heterocycles. The summed E-state index contributed by atoms with van der Waals surface area (Å²) in [5.74, 6) is 0.549. The topological polar surface area (TPSA) is 47.6 Å². The highest BCUT2D eigenvalue weighted by atomic mass is 16.6. The maximum atomic E-state index is 12.9. The first kappa shape index (κ1) is 13.5. The number of Topliss-reactive ketones (excluding diaryl/α,β-unsaturated/α-hetero) is 1. The standard InChI is InChI=1S/C15H25NO3/c1-14(5-2-3-7-16-14)13(17)12-4-8-19-15(10-12)6-9-18-11-15/h12,16H,2-11H2,1H3. The summed E-state index contributed by atoms with van der Waals surface area (Å²) in [7, 11) is 0. The smallest absolute Gasteiger partial charge is 0.155 e. The summed E-state index contributed by atoms with van der Waals surface area (Å²) < 4.78 is 11.4. The highest BCUT2D eigenvalue weighted by Crippen LogP contribution is 2.38. The van der Waals surface area contributed by atoms with Gasteiger partial charge in [0.25, 0.3) is 0 Å². The van der Waals surface area contributed by atoms with Gasteiger partial charge in [-0.15, -0.1) is 0 Å². The first-order valence-electron chi connectivity index (χ1n) is 7.65. The summed E-state index contributed by atoms with van der Waals surface area (Å²) in [6, 6.07) is 0. The maximum Gasteiger partial charge on any atom is 0.155 e. The Kier molecular flexibility index (Phi) is 3.67. The third-order valence-corrected chi connectivity index (χ3v) is 5.09. The van der Waals surface area contributed by atoms with Crippen LogP contribution >= 0.6 is 0 Å². The Morgan fingerprint density at radius 2 is 2.16 bits per heavy atom. The summed E-state index contributed by atoms with van der Waals surface area (Å²) in [5, 5.41) is 3.45. The minimum atomic E-state index is -0.305. The number of hydrogen-bond acceptors (Lipinski definition) is 4. The third-order valence-electron chi connectivity index (χ3n) is 5.09. The molecule has 3 aliphatic heterocycles. The van der Waals surface area contributed by atoms with Crippen molar-refractivity contribution in [1.82, 2.24) is 5.32 Å². The number of nitrogens with one attached hydrogen (secondary N) is 1. The Balaban J connectivity index is 1.69. The molecule has 3 unspecified atom stereocenters. The molecule has 0 radical (unpaired) electrons. The lowest BCUT2D eigenvalue weighted by Crippen LogP contribution is -2.56. The van der Waals surface area contributed by atoms with Crippen molar-refractivity contribution in [1.29, 1.82) is 0 Å². The van der Waals surface area contributed by atoms with Gasteiger partial charge in [0.2, 0.25) is 0 Å². The molecule has 3 rings (SSSR count). The monoisotopic (exact) mass is 267 g/mol. The van der Waals surface area contributed by atoms with Gasteiger partial charge in [-0.3, -0.25) is 4.79 Å². The van der Waals surface area contributed by atoms with E-state index in [1.165, 1.54) is 6.42 Å². The summed E-state index contributed by atoms with van der Waals surface area (Å²) in [6.45, 7) is 5.20. The van der Waals surface area contributed by atoms with Crippen LogP contribution in [0.3, 0.4) is 0 Å². The number of ether oxygens (including phenoxy) is 2. The van der Waals surface area contributed by atoms with E-state index >= 15 is 0 Å². The molecule has 0 saturated carbocycles. The predicted octanol–water partition coefficient (Wildman–Crippen LogP) is 1.67. The van der Waals surface area contributed by atoms with Gasteiger partial charge < -0.3 is 14.8 Å². The van der Waals surface area contributed by atoms with Crippen LogP contribution in [-0.4, -0.2) is 43.3 Å². The molecule has 1 spiro atoms. The molecule has 0 amide bonds. The van der Waals surface area contributed by atoms with E-state index in [4.69, 9.17) is 9.47 Å². The van der Waals surface area contributed by atoms with E-state index < -0.39 is 0 Å². The van der Waals surface area contributed by atoms with E-state index in [1.807, 2.05) is 0 Å². The molecule has 19 heavy (non-hydrogen) atoms. The van der Waals surface area contributed by atoms with Crippen molar-refractivity contribution in [3.8, 4) is 0 Å². The predicted molar refractivity (Wildman–Crippen MR) is 72.1 cm³/mol. The Morgan fingerprint density at radius 1 is 1.26 bits per heavy atom. The van der Waals surface area contributed by atoms with Gasteiger partial charge in [-0.2, -0.15) is 0 Å². The lowest BCUT2D eigenvalue weighted by molar-refractivity contribution is -0.143. The van der Waals surface area contributed by atoms with Crippen molar-refractivity contribution >= 4 is 5.78 Å². The van der Waals surface area contributed by atoms with Gasteiger partial charge in [0.15, 0.2) is 5.78 Å². The fourth-order valence-corrected chi connectivity index (χ4v) is 3.83. The fourth-order valence-electron chi connectivity index (χ4n) is 3.83. The second kappa shape index (κ2) is 5.15. The molecule has 3 saturated heterocycles. The third kappa shape index (κ3) is 2.58. The second-order valence-electron chi connectivity index (χ2n) is 6.60. The molecule has 4 heteroatoms. The molecule has 3 aliphatic rings. The van der Waals surface area contributed by atoms with Crippen LogP contribution in [-0.2, 0) is 14.3 Å². The Bertz CT molecular complexity index is 343. The maximum absolute atomic E-state index is 12.9. The molecule has 0 aromatic rings. The Morgan fingerprint density at radius 3 is 2.84 bits per heavy atom. The number of rotatable bonds is 2. The average molecular weight is 267 g/mol. The van der Waals surface area contributed by atoms with Crippen molar-refractivity contribution in [2.24, 2.45) is 5.92 Å². The summed E-state index contributed by atoms with van der Waals surface area (Å²) in [6.07, 6.45) is 6.00. The van der Waals surface area contributed by atoms with E-state index in [-0.39, 0.29) is 17.1 Å². The molecule has 3 heterocycles. The number of carbonyl (C=O) groups excluding carboxylic acids is 1. The first-order valence-corrected chi connectivity index (χ1v) is 7.65. The van der Waals surface area contributed by atoms with E-state index in [2.05, 4.69) is 12.2 Å². The SMILES string of the molecule is CC1(C(=O)C2CCOC3(CCOC3)C2)CCCCN1. The molecular weight excluding hydrogens is 242 g/mol. The van der Waals surface area contributed by atoms with Crippen LogP contribution < -0.4 is 5.32 Å². The fraction of sp³-hybridized carbons (Fsp3) is 0.933. The normalized spacial score (nSPS) is 43.5. The van der Waals surface area contributed by atoms with Gasteiger partial charge in [0.05, 0.1) is 17.7 Å². The van der Waals surface area contributed by atoms with E-state index in [9.17, 15) is 4.79 Å². The largest absolute Gasteiger partial charge is 0.378 e. The highest BCUT2D eigenvalue weighted by molar-refractivity contribution is 5.90. The van der Waals surface area contributed by atoms with Crippen molar-refractivity contribution in [2.45, 2.75) is 56.6 Å². The van der Waals surface area contributed by atoms with E-state index in [0.29, 0.717) is 19.0 Å². The number of hydrogen-bond donors (Lipinski definition) is 1. The Hall–Kier alpha value is -0.450. The first-order chi connectivity index (χ1) is 9.14. The number of carbonyl (C=O) groups is 1. The van der Waals surface area contributed by atoms with Crippen LogP contribution in [0.2, 0.25) is 0 Å². The molecule has 4 nitrogen and oxygen atoms in total. The molecule has 0 bridgehead atoms. The molecule has 0 aromatic carbocycles. The van der Waals surface area contributed by atoms with Gasteiger partial charge in [-0.25, -0.2) is 0 Å². The molecular formula is C15H25NO3. The van der Waals surface area contributed by atoms with Gasteiger partial charge in [0, 0.05) is 25.6 Å². The lowest BCUT2D eigenvalue weighted by Gasteiger charge is -2.41. The van der Waals surface area contributed by atoms with Crippen LogP contribution in [0.4, 0.5) is 0 Å². The zero-order valence-electron chi connectivity index (χ0n) is 11.9. The van der Waals surface area contributed by atoms with Crippen LogP contribution in [0.1, 0.15) is 45.4 Å². The molecule has 3 fully saturated rings. The lowest BCUT2D eigenvalue weighted by atomic mass is 9.74. The zero-order valence-corrected chi connectivity index (χ0v) is 11.9. The zero-order chi connectivity index (χ0) is 13.3. The van der Waals surface area contributed by atoms with Crippen LogP contribution in [0.15, 0.2) is 0 Å². The quantitative estimate of drug-likeness (QED) is 0.827. The van der Waals surface area contributed by atoms with Crippen molar-refractivity contribution in [3.63, 3.8) is 0 Å². The summed E-state index contributed by atoms with van der Waals surface area (Å²) in [4.78, 5) is 12.9. The number of ketones is 1. The number of piperidine rings is 1. The summed E-state index contributed by atoms with van der Waals surface area (Å²) in [5.41, 5.74) is -0.468. The highest BCUT2D eigenvalue weighted by Gasteiger charge is 2.46. The molecule has 3 atom stereocenters. The van der Waals surface area contributed by atoms with Gasteiger partial charge in [-0.1, -0.05) is 0 Å². The van der Waals surface area contributed by atoms with Gasteiger partial charge in [0.1, 0.15) is 0 Å². The second-order valence-corrected chi connectivity index (χ2v) is 6.60.